The number of carbonyl (C=O) groups excluding carboxylic acids is 1. The summed E-state index contributed by atoms with van der Waals surface area (Å²) in [4.78, 5) is 11.6. The van der Waals surface area contributed by atoms with Gasteiger partial charge in [0.15, 0.2) is 5.78 Å². The Morgan fingerprint density at radius 3 is 2.20 bits per heavy atom. The minimum Gasteiger partial charge on any atom is -0.363 e. The molecule has 0 saturated carbocycles. The zero-order chi connectivity index (χ0) is 19.0. The van der Waals surface area contributed by atoms with Crippen LogP contribution in [0.5, 0.6) is 0 Å². The number of carbonyl (C=O) groups is 1. The molecule has 1 N–H and O–H groups in total. The molecule has 132 valence electrons. The normalized spacial score (nSPS) is 17.2. The highest BCUT2D eigenvalue weighted by Crippen LogP contribution is 2.42. The Balaban J connectivity index is 2.19. The first-order valence-electron chi connectivity index (χ1n) is 6.78. The summed E-state index contributed by atoms with van der Waals surface area (Å²) in [6, 6.07) is 0. The number of allylic oxidation sites excluding steroid dienone is 9. The first kappa shape index (κ1) is 18.8. The molecule has 2 nitrogen and oxygen atoms in total. The number of alkyl halides is 6. The summed E-state index contributed by atoms with van der Waals surface area (Å²) in [5.41, 5.74) is -3.77. The van der Waals surface area contributed by atoms with Crippen LogP contribution >= 0.6 is 0 Å². The Hall–Kier alpha value is -2.53. The molecule has 2 aliphatic rings. The molecule has 25 heavy (non-hydrogen) atoms. The van der Waals surface area contributed by atoms with E-state index in [-0.39, 0.29) is 11.4 Å². The second-order valence-corrected chi connectivity index (χ2v) is 5.25. The molecule has 0 heterocycles. The van der Waals surface area contributed by atoms with E-state index in [2.05, 4.69) is 6.58 Å². The lowest BCUT2D eigenvalue weighted by Crippen LogP contribution is -2.55. The van der Waals surface area contributed by atoms with Gasteiger partial charge in [0, 0.05) is 12.0 Å². The molecule has 0 unspecified atom stereocenters. The van der Waals surface area contributed by atoms with Gasteiger partial charge in [0.25, 0.3) is 0 Å². The van der Waals surface area contributed by atoms with Gasteiger partial charge in [0.2, 0.25) is 0 Å². The number of aliphatic hydroxyl groups is 1. The van der Waals surface area contributed by atoms with Crippen molar-refractivity contribution in [3.8, 4) is 11.8 Å². The van der Waals surface area contributed by atoms with Crippen LogP contribution in [0.3, 0.4) is 0 Å². The summed E-state index contributed by atoms with van der Waals surface area (Å²) in [5.74, 6) is 2.28. The molecule has 0 amide bonds. The SMILES string of the molecule is C=C(CC#CC(O)(C(F)(F)F)C(F)(F)F)C1=CC=C2C(=O)C=CC=C12. The highest BCUT2D eigenvalue weighted by Gasteiger charge is 2.70. The van der Waals surface area contributed by atoms with Crippen LogP contribution in [0.15, 0.2) is 59.3 Å². The standard InChI is InChI=1S/C17H10F6O2/c1-10(11-7-8-13-12(11)5-2-6-14(13)24)4-3-9-15(25,16(18,19)20)17(21,22)23/h2,5-8,25H,1,4H2. The van der Waals surface area contributed by atoms with Gasteiger partial charge < -0.3 is 5.11 Å². The van der Waals surface area contributed by atoms with Crippen molar-refractivity contribution in [2.45, 2.75) is 24.4 Å². The fraction of sp³-hybridized carbons (Fsp3) is 0.235. The van der Waals surface area contributed by atoms with E-state index >= 15 is 0 Å². The average molecular weight is 360 g/mol. The first-order valence-corrected chi connectivity index (χ1v) is 6.78. The Morgan fingerprint density at radius 1 is 1.04 bits per heavy atom. The molecular weight excluding hydrogens is 350 g/mol. The third-order valence-electron chi connectivity index (χ3n) is 3.55. The maximum absolute atomic E-state index is 12.5. The Kier molecular flexibility index (Phi) is 4.57. The Bertz CT molecular complexity index is 793. The highest BCUT2D eigenvalue weighted by atomic mass is 19.4. The molecule has 0 aliphatic heterocycles. The lowest BCUT2D eigenvalue weighted by atomic mass is 9.91. The van der Waals surface area contributed by atoms with Crippen molar-refractivity contribution in [2.75, 3.05) is 0 Å². The summed E-state index contributed by atoms with van der Waals surface area (Å²) in [6.45, 7) is 3.57. The zero-order valence-corrected chi connectivity index (χ0v) is 12.4. The van der Waals surface area contributed by atoms with Gasteiger partial charge >= 0.3 is 18.0 Å². The van der Waals surface area contributed by atoms with Crippen LogP contribution in [0.4, 0.5) is 26.3 Å². The molecule has 0 fully saturated rings. The minimum absolute atomic E-state index is 0.125. The highest BCUT2D eigenvalue weighted by molar-refractivity contribution is 6.11. The fourth-order valence-electron chi connectivity index (χ4n) is 2.19. The number of hydrogen-bond acceptors (Lipinski definition) is 2. The van der Waals surface area contributed by atoms with E-state index in [1.54, 1.807) is 12.0 Å². The second-order valence-electron chi connectivity index (χ2n) is 5.25. The third-order valence-corrected chi connectivity index (χ3v) is 3.55. The second kappa shape index (κ2) is 6.08. The van der Waals surface area contributed by atoms with Gasteiger partial charge in [-0.15, -0.1) is 0 Å². The van der Waals surface area contributed by atoms with E-state index < -0.39 is 24.4 Å². The van der Waals surface area contributed by atoms with E-state index in [1.165, 1.54) is 24.3 Å². The zero-order valence-electron chi connectivity index (χ0n) is 12.4. The molecule has 0 spiro atoms. The molecule has 0 saturated heterocycles. The van der Waals surface area contributed by atoms with Gasteiger partial charge in [-0.25, -0.2) is 0 Å². The molecule has 0 aromatic carbocycles. The van der Waals surface area contributed by atoms with Crippen LogP contribution in [-0.4, -0.2) is 28.8 Å². The first-order chi connectivity index (χ1) is 11.4. The van der Waals surface area contributed by atoms with E-state index in [0.717, 1.165) is 5.92 Å². The van der Waals surface area contributed by atoms with E-state index in [4.69, 9.17) is 5.11 Å². The lowest BCUT2D eigenvalue weighted by molar-refractivity contribution is -0.343. The topological polar surface area (TPSA) is 37.3 Å². The van der Waals surface area contributed by atoms with Crippen molar-refractivity contribution in [3.63, 3.8) is 0 Å². The summed E-state index contributed by atoms with van der Waals surface area (Å²) >= 11 is 0. The predicted octanol–water partition coefficient (Wildman–Crippen LogP) is 3.72. The van der Waals surface area contributed by atoms with Gasteiger partial charge in [-0.1, -0.05) is 30.7 Å². The number of halogens is 6. The van der Waals surface area contributed by atoms with Gasteiger partial charge in [-0.05, 0) is 34.8 Å². The molecule has 0 bridgehead atoms. The van der Waals surface area contributed by atoms with Crippen LogP contribution < -0.4 is 0 Å². The van der Waals surface area contributed by atoms with Crippen LogP contribution in [-0.2, 0) is 4.79 Å². The summed E-state index contributed by atoms with van der Waals surface area (Å²) in [5, 5.41) is 8.94. The molecule has 8 heteroatoms. The Morgan fingerprint density at radius 2 is 1.64 bits per heavy atom. The van der Waals surface area contributed by atoms with Crippen molar-refractivity contribution in [3.05, 3.63) is 59.3 Å². The van der Waals surface area contributed by atoms with Gasteiger partial charge in [-0.2, -0.15) is 26.3 Å². The molecule has 2 aliphatic carbocycles. The Labute approximate surface area is 138 Å². The quantitative estimate of drug-likeness (QED) is 0.602. The maximum Gasteiger partial charge on any atom is 0.438 e. The smallest absolute Gasteiger partial charge is 0.363 e. The van der Waals surface area contributed by atoms with Crippen molar-refractivity contribution in [1.29, 1.82) is 0 Å². The summed E-state index contributed by atoms with van der Waals surface area (Å²) < 4.78 is 75.1. The number of ketones is 1. The van der Waals surface area contributed by atoms with Crippen molar-refractivity contribution >= 4 is 5.78 Å². The van der Waals surface area contributed by atoms with Crippen molar-refractivity contribution < 1.29 is 36.2 Å². The van der Waals surface area contributed by atoms with Gasteiger partial charge in [-0.3, -0.25) is 4.79 Å². The summed E-state index contributed by atoms with van der Waals surface area (Å²) in [6.07, 6.45) is -5.21. The minimum atomic E-state index is -6.00. The van der Waals surface area contributed by atoms with Gasteiger partial charge in [0.1, 0.15) is 0 Å². The molecule has 0 radical (unpaired) electrons. The number of rotatable bonds is 2. The van der Waals surface area contributed by atoms with Crippen molar-refractivity contribution in [1.82, 2.24) is 0 Å². The maximum atomic E-state index is 12.5. The van der Waals surface area contributed by atoms with E-state index in [0.29, 0.717) is 16.7 Å². The van der Waals surface area contributed by atoms with Crippen LogP contribution in [0, 0.1) is 11.8 Å². The van der Waals surface area contributed by atoms with Crippen LogP contribution in [0.1, 0.15) is 6.42 Å². The lowest BCUT2D eigenvalue weighted by Gasteiger charge is -2.27. The predicted molar refractivity (Wildman–Crippen MR) is 77.0 cm³/mol. The summed E-state index contributed by atoms with van der Waals surface area (Å²) in [7, 11) is 0. The van der Waals surface area contributed by atoms with Crippen LogP contribution in [0.2, 0.25) is 0 Å². The van der Waals surface area contributed by atoms with Crippen LogP contribution in [0.25, 0.3) is 0 Å². The van der Waals surface area contributed by atoms with Gasteiger partial charge in [0.05, 0.1) is 0 Å². The average Bonchev–Trinajstić information content (AvgIpc) is 2.90. The molecule has 2 rings (SSSR count). The largest absolute Gasteiger partial charge is 0.438 e. The molecule has 0 aromatic heterocycles. The molecular formula is C17H10F6O2. The number of fused-ring (bicyclic) bond motifs is 1. The molecule has 0 aromatic rings. The van der Waals surface area contributed by atoms with E-state index in [1.807, 2.05) is 0 Å². The monoisotopic (exact) mass is 360 g/mol. The third kappa shape index (κ3) is 3.33. The van der Waals surface area contributed by atoms with Crippen molar-refractivity contribution in [2.24, 2.45) is 0 Å². The molecule has 0 atom stereocenters. The van der Waals surface area contributed by atoms with E-state index in [9.17, 15) is 31.1 Å². The fourth-order valence-corrected chi connectivity index (χ4v) is 2.19. The number of hydrogen-bond donors (Lipinski definition) is 1.